The summed E-state index contributed by atoms with van der Waals surface area (Å²) in [4.78, 5) is 4.54. The molecular weight excluding hydrogens is 262 g/mol. The van der Waals surface area contributed by atoms with E-state index in [0.29, 0.717) is 0 Å². The summed E-state index contributed by atoms with van der Waals surface area (Å²) in [6, 6.07) is 16.0. The van der Waals surface area contributed by atoms with Crippen molar-refractivity contribution in [2.75, 3.05) is 0 Å². The quantitative estimate of drug-likeness (QED) is 0.630. The van der Waals surface area contributed by atoms with Gasteiger partial charge in [-0.15, -0.1) is 11.3 Å². The maximum atomic E-state index is 5.96. The normalized spacial score (nSPS) is 11.4. The lowest BCUT2D eigenvalue weighted by molar-refractivity contribution is 1.46. The van der Waals surface area contributed by atoms with Crippen molar-refractivity contribution < 1.29 is 0 Å². The molecule has 0 spiro atoms. The van der Waals surface area contributed by atoms with Crippen molar-refractivity contribution in [2.24, 2.45) is 0 Å². The molecule has 88 valence electrons. The highest BCUT2D eigenvalue weighted by molar-refractivity contribution is 7.19. The van der Waals surface area contributed by atoms with Gasteiger partial charge >= 0.3 is 0 Å². The van der Waals surface area contributed by atoms with Crippen molar-refractivity contribution >= 4 is 45.3 Å². The molecule has 1 aromatic heterocycles. The lowest BCUT2D eigenvalue weighted by Crippen LogP contribution is -1.70. The van der Waals surface area contributed by atoms with Crippen LogP contribution in [0.4, 0.5) is 0 Å². The molecule has 0 radical (unpaired) electrons. The van der Waals surface area contributed by atoms with Crippen LogP contribution in [0, 0.1) is 0 Å². The van der Waals surface area contributed by atoms with Crippen LogP contribution < -0.4 is 0 Å². The van der Waals surface area contributed by atoms with Crippen LogP contribution in [0.5, 0.6) is 0 Å². The SMILES string of the molecule is Clc1ccc2nc(C=Cc3ccccc3)sc2c1. The molecule has 0 saturated carbocycles. The first-order valence-electron chi connectivity index (χ1n) is 5.60. The highest BCUT2D eigenvalue weighted by Crippen LogP contribution is 2.26. The van der Waals surface area contributed by atoms with Gasteiger partial charge in [0, 0.05) is 5.02 Å². The summed E-state index contributed by atoms with van der Waals surface area (Å²) < 4.78 is 1.12. The van der Waals surface area contributed by atoms with Crippen LogP contribution in [0.3, 0.4) is 0 Å². The predicted octanol–water partition coefficient (Wildman–Crippen LogP) is 5.12. The number of fused-ring (bicyclic) bond motifs is 1. The molecule has 0 aliphatic carbocycles. The molecule has 0 aliphatic heterocycles. The zero-order valence-electron chi connectivity index (χ0n) is 9.51. The van der Waals surface area contributed by atoms with E-state index in [0.717, 1.165) is 20.2 Å². The number of hydrogen-bond acceptors (Lipinski definition) is 2. The van der Waals surface area contributed by atoms with Gasteiger partial charge in [-0.25, -0.2) is 4.98 Å². The Balaban J connectivity index is 1.93. The van der Waals surface area contributed by atoms with Crippen molar-refractivity contribution in [1.82, 2.24) is 4.98 Å². The average Bonchev–Trinajstić information content (AvgIpc) is 2.79. The van der Waals surface area contributed by atoms with Gasteiger partial charge in [0.2, 0.25) is 0 Å². The van der Waals surface area contributed by atoms with Crippen molar-refractivity contribution in [3.63, 3.8) is 0 Å². The van der Waals surface area contributed by atoms with Crippen molar-refractivity contribution in [3.8, 4) is 0 Å². The van der Waals surface area contributed by atoms with Crippen LogP contribution >= 0.6 is 22.9 Å². The summed E-state index contributed by atoms with van der Waals surface area (Å²) in [7, 11) is 0. The standard InChI is InChI=1S/C15H10ClNS/c16-12-7-8-13-14(10-12)18-15(17-13)9-6-11-4-2-1-3-5-11/h1-10H. The first-order chi connectivity index (χ1) is 8.81. The Morgan fingerprint density at radius 3 is 2.67 bits per heavy atom. The molecule has 1 heterocycles. The molecule has 0 saturated heterocycles. The Bertz CT molecular complexity index is 701. The van der Waals surface area contributed by atoms with Crippen molar-refractivity contribution in [2.45, 2.75) is 0 Å². The van der Waals surface area contributed by atoms with Crippen LogP contribution in [-0.2, 0) is 0 Å². The Hall–Kier alpha value is -1.64. The lowest BCUT2D eigenvalue weighted by atomic mass is 10.2. The molecule has 0 fully saturated rings. The fraction of sp³-hybridized carbons (Fsp3) is 0. The summed E-state index contributed by atoms with van der Waals surface area (Å²) in [6.45, 7) is 0. The number of aromatic nitrogens is 1. The van der Waals surface area contributed by atoms with Gasteiger partial charge in [-0.2, -0.15) is 0 Å². The van der Waals surface area contributed by atoms with Gasteiger partial charge in [0.15, 0.2) is 0 Å². The molecule has 3 heteroatoms. The second-order valence-electron chi connectivity index (χ2n) is 3.91. The van der Waals surface area contributed by atoms with Crippen LogP contribution in [0.15, 0.2) is 48.5 Å². The van der Waals surface area contributed by atoms with Gasteiger partial charge < -0.3 is 0 Å². The maximum absolute atomic E-state index is 5.96. The Labute approximate surface area is 114 Å². The minimum atomic E-state index is 0.754. The van der Waals surface area contributed by atoms with Crippen molar-refractivity contribution in [1.29, 1.82) is 0 Å². The largest absolute Gasteiger partial charge is 0.237 e. The maximum Gasteiger partial charge on any atom is 0.117 e. The first-order valence-corrected chi connectivity index (χ1v) is 6.80. The minimum Gasteiger partial charge on any atom is -0.237 e. The van der Waals surface area contributed by atoms with Crippen molar-refractivity contribution in [3.05, 3.63) is 64.1 Å². The number of rotatable bonds is 2. The third-order valence-electron chi connectivity index (χ3n) is 2.58. The molecular formula is C15H10ClNS. The monoisotopic (exact) mass is 271 g/mol. The molecule has 0 atom stereocenters. The number of halogens is 1. The van der Waals surface area contributed by atoms with Gasteiger partial charge in [0.05, 0.1) is 10.2 Å². The van der Waals surface area contributed by atoms with E-state index in [9.17, 15) is 0 Å². The number of benzene rings is 2. The van der Waals surface area contributed by atoms with E-state index in [-0.39, 0.29) is 0 Å². The molecule has 3 aromatic rings. The number of thiazole rings is 1. The summed E-state index contributed by atoms with van der Waals surface area (Å²) in [6.07, 6.45) is 4.10. The number of hydrogen-bond donors (Lipinski definition) is 0. The van der Waals surface area contributed by atoms with E-state index in [4.69, 9.17) is 11.6 Å². The van der Waals surface area contributed by atoms with Gasteiger partial charge in [-0.1, -0.05) is 48.0 Å². The molecule has 18 heavy (non-hydrogen) atoms. The van der Waals surface area contributed by atoms with E-state index in [1.165, 1.54) is 5.56 Å². The van der Waals surface area contributed by atoms with E-state index in [2.05, 4.69) is 23.2 Å². The average molecular weight is 272 g/mol. The Morgan fingerprint density at radius 2 is 1.83 bits per heavy atom. The van der Waals surface area contributed by atoms with Crippen LogP contribution in [0.1, 0.15) is 10.6 Å². The zero-order valence-corrected chi connectivity index (χ0v) is 11.1. The van der Waals surface area contributed by atoms with E-state index in [1.54, 1.807) is 11.3 Å². The zero-order chi connectivity index (χ0) is 12.4. The third kappa shape index (κ3) is 2.45. The van der Waals surface area contributed by atoms with Crippen LogP contribution in [0.25, 0.3) is 22.4 Å². The van der Waals surface area contributed by atoms with E-state index >= 15 is 0 Å². The Morgan fingerprint density at radius 1 is 1.00 bits per heavy atom. The van der Waals surface area contributed by atoms with Crippen LogP contribution in [-0.4, -0.2) is 4.98 Å². The van der Waals surface area contributed by atoms with Gasteiger partial charge in [0.1, 0.15) is 5.01 Å². The third-order valence-corrected chi connectivity index (χ3v) is 3.80. The molecule has 0 amide bonds. The number of nitrogens with zero attached hydrogens (tertiary/aromatic N) is 1. The summed E-state index contributed by atoms with van der Waals surface area (Å²) >= 11 is 7.61. The highest BCUT2D eigenvalue weighted by Gasteiger charge is 2.01. The topological polar surface area (TPSA) is 12.9 Å². The molecule has 3 rings (SSSR count). The smallest absolute Gasteiger partial charge is 0.117 e. The van der Waals surface area contributed by atoms with E-state index in [1.807, 2.05) is 42.5 Å². The first kappa shape index (κ1) is 11.5. The fourth-order valence-corrected chi connectivity index (χ4v) is 2.87. The second-order valence-corrected chi connectivity index (χ2v) is 5.41. The molecule has 0 aliphatic rings. The summed E-state index contributed by atoms with van der Waals surface area (Å²) in [5, 5.41) is 1.75. The highest BCUT2D eigenvalue weighted by atomic mass is 35.5. The molecule has 0 unspecified atom stereocenters. The fourth-order valence-electron chi connectivity index (χ4n) is 1.72. The van der Waals surface area contributed by atoms with Crippen LogP contribution in [0.2, 0.25) is 5.02 Å². The lowest BCUT2D eigenvalue weighted by Gasteiger charge is -1.89. The molecule has 0 bridgehead atoms. The minimum absolute atomic E-state index is 0.754. The Kier molecular flexibility index (Phi) is 3.13. The van der Waals surface area contributed by atoms with Gasteiger partial charge in [-0.05, 0) is 29.8 Å². The molecule has 1 nitrogen and oxygen atoms in total. The summed E-state index contributed by atoms with van der Waals surface area (Å²) in [5.74, 6) is 0. The second kappa shape index (κ2) is 4.92. The predicted molar refractivity (Wildman–Crippen MR) is 80.0 cm³/mol. The van der Waals surface area contributed by atoms with Gasteiger partial charge in [-0.3, -0.25) is 0 Å². The summed E-state index contributed by atoms with van der Waals surface area (Å²) in [5.41, 5.74) is 2.17. The molecule has 2 aromatic carbocycles. The van der Waals surface area contributed by atoms with Gasteiger partial charge in [0.25, 0.3) is 0 Å². The molecule has 0 N–H and O–H groups in total. The van der Waals surface area contributed by atoms with E-state index < -0.39 is 0 Å².